The van der Waals surface area contributed by atoms with Crippen LogP contribution in [0.15, 0.2) is 34.5 Å². The summed E-state index contributed by atoms with van der Waals surface area (Å²) in [5, 5.41) is 4.96. The SMILES string of the molecule is CC[C@@H](C)N(CC(=O)Nc1nc(C)cs1)S(=O)(=O)c1ccc(C)cc1. The van der Waals surface area contributed by atoms with Gasteiger partial charge in [-0.2, -0.15) is 4.31 Å². The minimum absolute atomic E-state index is 0.191. The van der Waals surface area contributed by atoms with Crippen molar-refractivity contribution >= 4 is 32.4 Å². The summed E-state index contributed by atoms with van der Waals surface area (Å²) >= 11 is 1.31. The molecule has 6 nitrogen and oxygen atoms in total. The highest BCUT2D eigenvalue weighted by atomic mass is 32.2. The molecule has 0 radical (unpaired) electrons. The van der Waals surface area contributed by atoms with Gasteiger partial charge in [0.2, 0.25) is 15.9 Å². The lowest BCUT2D eigenvalue weighted by atomic mass is 10.2. The van der Waals surface area contributed by atoms with Gasteiger partial charge < -0.3 is 5.32 Å². The Labute approximate surface area is 153 Å². The van der Waals surface area contributed by atoms with Gasteiger partial charge in [-0.3, -0.25) is 4.79 Å². The van der Waals surface area contributed by atoms with E-state index in [1.807, 2.05) is 26.2 Å². The van der Waals surface area contributed by atoms with E-state index in [0.29, 0.717) is 11.6 Å². The number of thiazole rings is 1. The highest BCUT2D eigenvalue weighted by molar-refractivity contribution is 7.89. The third-order valence-corrected chi connectivity index (χ3v) is 6.72. The first-order valence-corrected chi connectivity index (χ1v) is 10.4. The summed E-state index contributed by atoms with van der Waals surface area (Å²) in [7, 11) is -3.76. The number of nitrogens with one attached hydrogen (secondary N) is 1. The Bertz CT molecular complexity index is 829. The van der Waals surface area contributed by atoms with E-state index < -0.39 is 15.9 Å². The number of carbonyl (C=O) groups is 1. The molecular weight excluding hydrogens is 358 g/mol. The maximum absolute atomic E-state index is 13.0. The number of hydrogen-bond donors (Lipinski definition) is 1. The summed E-state index contributed by atoms with van der Waals surface area (Å²) < 4.78 is 27.2. The molecule has 1 atom stereocenters. The van der Waals surface area contributed by atoms with E-state index in [-0.39, 0.29) is 17.5 Å². The molecule has 1 heterocycles. The van der Waals surface area contributed by atoms with E-state index >= 15 is 0 Å². The van der Waals surface area contributed by atoms with Crippen LogP contribution in [-0.4, -0.2) is 36.2 Å². The Morgan fingerprint density at radius 2 is 1.92 bits per heavy atom. The number of benzene rings is 1. The molecule has 0 saturated heterocycles. The summed E-state index contributed by atoms with van der Waals surface area (Å²) in [6.07, 6.45) is 0.606. The monoisotopic (exact) mass is 381 g/mol. The zero-order valence-corrected chi connectivity index (χ0v) is 16.4. The second-order valence-corrected chi connectivity index (χ2v) is 8.71. The average molecular weight is 382 g/mol. The van der Waals surface area contributed by atoms with Crippen molar-refractivity contribution in [3.05, 3.63) is 40.9 Å². The Balaban J connectivity index is 2.23. The number of nitrogens with zero attached hydrogens (tertiary/aromatic N) is 2. The minimum Gasteiger partial charge on any atom is -0.301 e. The number of aromatic nitrogens is 1. The van der Waals surface area contributed by atoms with Crippen molar-refractivity contribution in [2.45, 2.75) is 45.1 Å². The Hall–Kier alpha value is -1.77. The lowest BCUT2D eigenvalue weighted by Gasteiger charge is -2.27. The first-order valence-electron chi connectivity index (χ1n) is 8.04. The van der Waals surface area contributed by atoms with Gasteiger partial charge in [0.25, 0.3) is 0 Å². The van der Waals surface area contributed by atoms with Crippen molar-refractivity contribution in [1.29, 1.82) is 0 Å². The third kappa shape index (κ3) is 4.87. The molecule has 0 bridgehead atoms. The van der Waals surface area contributed by atoms with Crippen LogP contribution < -0.4 is 5.32 Å². The lowest BCUT2D eigenvalue weighted by Crippen LogP contribution is -2.43. The van der Waals surface area contributed by atoms with E-state index in [1.54, 1.807) is 31.2 Å². The molecule has 136 valence electrons. The van der Waals surface area contributed by atoms with Crippen LogP contribution in [0.1, 0.15) is 31.5 Å². The van der Waals surface area contributed by atoms with Gasteiger partial charge in [-0.25, -0.2) is 13.4 Å². The first kappa shape index (κ1) is 19.6. The molecule has 0 spiro atoms. The van der Waals surface area contributed by atoms with Crippen LogP contribution in [0.5, 0.6) is 0 Å². The number of hydrogen-bond acceptors (Lipinski definition) is 5. The normalized spacial score (nSPS) is 13.0. The molecule has 1 N–H and O–H groups in total. The fraction of sp³-hybridized carbons (Fsp3) is 0.412. The maximum Gasteiger partial charge on any atom is 0.243 e. The van der Waals surface area contributed by atoms with E-state index in [1.165, 1.54) is 15.6 Å². The van der Waals surface area contributed by atoms with E-state index in [0.717, 1.165) is 11.3 Å². The van der Waals surface area contributed by atoms with E-state index in [4.69, 9.17) is 0 Å². The zero-order chi connectivity index (χ0) is 18.6. The van der Waals surface area contributed by atoms with Crippen molar-refractivity contribution in [2.75, 3.05) is 11.9 Å². The second kappa shape index (κ2) is 8.07. The molecule has 8 heteroatoms. The molecular formula is C17H23N3O3S2. The molecule has 2 rings (SSSR count). The van der Waals surface area contributed by atoms with Crippen molar-refractivity contribution in [1.82, 2.24) is 9.29 Å². The van der Waals surface area contributed by atoms with Crippen LogP contribution in [-0.2, 0) is 14.8 Å². The molecule has 0 aliphatic rings. The van der Waals surface area contributed by atoms with Crippen LogP contribution in [0.4, 0.5) is 5.13 Å². The Morgan fingerprint density at radius 3 is 2.44 bits per heavy atom. The fourth-order valence-electron chi connectivity index (χ4n) is 2.24. The quantitative estimate of drug-likeness (QED) is 0.799. The summed E-state index contributed by atoms with van der Waals surface area (Å²) in [5.41, 5.74) is 1.79. The average Bonchev–Trinajstić information content (AvgIpc) is 2.97. The highest BCUT2D eigenvalue weighted by Crippen LogP contribution is 2.21. The third-order valence-electron chi connectivity index (χ3n) is 3.87. The summed E-state index contributed by atoms with van der Waals surface area (Å²) in [5.74, 6) is -0.398. The molecule has 1 aromatic heterocycles. The van der Waals surface area contributed by atoms with Gasteiger partial charge in [0.1, 0.15) is 0 Å². The molecule has 0 aliphatic heterocycles. The molecule has 2 aromatic rings. The first-order chi connectivity index (χ1) is 11.7. The number of anilines is 1. The standard InChI is InChI=1S/C17H23N3O3S2/c1-5-14(4)20(10-16(21)19-17-18-13(3)11-24-17)25(22,23)15-8-6-12(2)7-9-15/h6-9,11,14H,5,10H2,1-4H3,(H,18,19,21)/t14-/m1/s1. The predicted octanol–water partition coefficient (Wildman–Crippen LogP) is 3.19. The number of amides is 1. The van der Waals surface area contributed by atoms with Gasteiger partial charge in [-0.05, 0) is 39.3 Å². The topological polar surface area (TPSA) is 79.4 Å². The van der Waals surface area contributed by atoms with Crippen LogP contribution >= 0.6 is 11.3 Å². The summed E-state index contributed by atoms with van der Waals surface area (Å²) in [4.78, 5) is 16.7. The molecule has 1 amide bonds. The van der Waals surface area contributed by atoms with Gasteiger partial charge >= 0.3 is 0 Å². The van der Waals surface area contributed by atoms with Gasteiger partial charge in [0.05, 0.1) is 17.1 Å². The van der Waals surface area contributed by atoms with Crippen LogP contribution in [0.3, 0.4) is 0 Å². The van der Waals surface area contributed by atoms with Gasteiger partial charge in [-0.15, -0.1) is 11.3 Å². The highest BCUT2D eigenvalue weighted by Gasteiger charge is 2.30. The van der Waals surface area contributed by atoms with Crippen LogP contribution in [0, 0.1) is 13.8 Å². The van der Waals surface area contributed by atoms with Gasteiger partial charge in [-0.1, -0.05) is 24.6 Å². The molecule has 0 unspecified atom stereocenters. The van der Waals surface area contributed by atoms with Crippen molar-refractivity contribution < 1.29 is 13.2 Å². The van der Waals surface area contributed by atoms with Crippen molar-refractivity contribution in [3.63, 3.8) is 0 Å². The molecule has 0 fully saturated rings. The van der Waals surface area contributed by atoms with Crippen molar-refractivity contribution in [2.24, 2.45) is 0 Å². The fourth-order valence-corrected chi connectivity index (χ4v) is 4.60. The molecule has 25 heavy (non-hydrogen) atoms. The lowest BCUT2D eigenvalue weighted by molar-refractivity contribution is -0.116. The minimum atomic E-state index is -3.76. The Kier molecular flexibility index (Phi) is 6.31. The van der Waals surface area contributed by atoms with Gasteiger partial charge in [0.15, 0.2) is 5.13 Å². The predicted molar refractivity (Wildman–Crippen MR) is 100 cm³/mol. The Morgan fingerprint density at radius 1 is 1.28 bits per heavy atom. The number of rotatable bonds is 7. The van der Waals surface area contributed by atoms with Crippen molar-refractivity contribution in [3.8, 4) is 0 Å². The maximum atomic E-state index is 13.0. The van der Waals surface area contributed by atoms with E-state index in [9.17, 15) is 13.2 Å². The summed E-state index contributed by atoms with van der Waals surface area (Å²) in [6, 6.07) is 6.35. The van der Waals surface area contributed by atoms with Gasteiger partial charge in [0, 0.05) is 11.4 Å². The molecule has 0 aliphatic carbocycles. The van der Waals surface area contributed by atoms with Crippen LogP contribution in [0.25, 0.3) is 0 Å². The number of aryl methyl sites for hydroxylation is 2. The van der Waals surface area contributed by atoms with E-state index in [2.05, 4.69) is 10.3 Å². The number of sulfonamides is 1. The molecule has 1 aromatic carbocycles. The number of carbonyl (C=O) groups excluding carboxylic acids is 1. The largest absolute Gasteiger partial charge is 0.301 e. The zero-order valence-electron chi connectivity index (χ0n) is 14.8. The van der Waals surface area contributed by atoms with Crippen LogP contribution in [0.2, 0.25) is 0 Å². The second-order valence-electron chi connectivity index (χ2n) is 5.96. The molecule has 0 saturated carbocycles. The smallest absolute Gasteiger partial charge is 0.243 e. The summed E-state index contributed by atoms with van der Waals surface area (Å²) in [6.45, 7) is 7.17.